The van der Waals surface area contributed by atoms with Crippen molar-refractivity contribution in [2.75, 3.05) is 23.4 Å². The molecule has 1 heterocycles. The van der Waals surface area contributed by atoms with Gasteiger partial charge in [0.25, 0.3) is 0 Å². The Balaban J connectivity index is 2.02. The number of amides is 1. The summed E-state index contributed by atoms with van der Waals surface area (Å²) in [7, 11) is 0. The zero-order chi connectivity index (χ0) is 15.4. The third-order valence-corrected chi connectivity index (χ3v) is 4.34. The van der Waals surface area contributed by atoms with Crippen LogP contribution in [0, 0.1) is 0 Å². The molecule has 3 N–H and O–H groups in total. The summed E-state index contributed by atoms with van der Waals surface area (Å²) >= 11 is 1.54. The van der Waals surface area contributed by atoms with Crippen LogP contribution in [-0.4, -0.2) is 28.9 Å². The molecule has 3 aromatic rings. The second-order valence-electron chi connectivity index (χ2n) is 4.91. The molecule has 0 bridgehead atoms. The van der Waals surface area contributed by atoms with Crippen molar-refractivity contribution in [3.63, 3.8) is 0 Å². The third kappa shape index (κ3) is 3.05. The average Bonchev–Trinajstić information content (AvgIpc) is 2.55. The first-order chi connectivity index (χ1) is 10.8. The van der Waals surface area contributed by atoms with Crippen molar-refractivity contribution < 1.29 is 4.79 Å². The zero-order valence-electron chi connectivity index (χ0n) is 12.1. The standard InChI is InChI=1S/C17H17N3OS/c18-9-10-22-11-16(21)20-17-12-5-1-3-7-14(12)19-15-8-4-2-6-13(15)17/h1-8H,9-11,18H2,(H,19,20,21). The van der Waals surface area contributed by atoms with Crippen molar-refractivity contribution in [2.24, 2.45) is 5.73 Å². The molecule has 0 fully saturated rings. The first-order valence-electron chi connectivity index (χ1n) is 7.15. The van der Waals surface area contributed by atoms with Gasteiger partial charge >= 0.3 is 0 Å². The Labute approximate surface area is 133 Å². The Kier molecular flexibility index (Phi) is 4.56. The summed E-state index contributed by atoms with van der Waals surface area (Å²) in [4.78, 5) is 16.8. The molecule has 0 saturated heterocycles. The number of fused-ring (bicyclic) bond motifs is 2. The van der Waals surface area contributed by atoms with Gasteiger partial charge in [0.05, 0.1) is 22.5 Å². The van der Waals surface area contributed by atoms with Gasteiger partial charge in [-0.2, -0.15) is 11.8 Å². The van der Waals surface area contributed by atoms with Crippen LogP contribution in [0.1, 0.15) is 0 Å². The number of aromatic nitrogens is 1. The van der Waals surface area contributed by atoms with Crippen molar-refractivity contribution in [1.29, 1.82) is 0 Å². The van der Waals surface area contributed by atoms with Crippen molar-refractivity contribution in [3.05, 3.63) is 48.5 Å². The number of para-hydroxylation sites is 2. The molecule has 0 saturated carbocycles. The highest BCUT2D eigenvalue weighted by Crippen LogP contribution is 2.30. The van der Waals surface area contributed by atoms with Crippen molar-refractivity contribution in [1.82, 2.24) is 4.98 Å². The van der Waals surface area contributed by atoms with Gasteiger partial charge in [0.1, 0.15) is 0 Å². The Bertz CT molecular complexity index is 765. The molecular weight excluding hydrogens is 294 g/mol. The van der Waals surface area contributed by atoms with Crippen LogP contribution >= 0.6 is 11.8 Å². The highest BCUT2D eigenvalue weighted by Gasteiger charge is 2.11. The van der Waals surface area contributed by atoms with E-state index in [4.69, 9.17) is 5.73 Å². The molecule has 0 atom stereocenters. The Morgan fingerprint density at radius 1 is 1.05 bits per heavy atom. The van der Waals surface area contributed by atoms with Crippen LogP contribution in [0.4, 0.5) is 5.69 Å². The Morgan fingerprint density at radius 3 is 2.23 bits per heavy atom. The summed E-state index contributed by atoms with van der Waals surface area (Å²) in [5.74, 6) is 1.17. The van der Waals surface area contributed by atoms with Gasteiger partial charge < -0.3 is 11.1 Å². The third-order valence-electron chi connectivity index (χ3n) is 3.35. The molecule has 1 aromatic heterocycles. The molecule has 2 aromatic carbocycles. The van der Waals surface area contributed by atoms with Gasteiger partial charge in [-0.1, -0.05) is 36.4 Å². The number of rotatable bonds is 5. The van der Waals surface area contributed by atoms with Crippen molar-refractivity contribution in [3.8, 4) is 0 Å². The summed E-state index contributed by atoms with van der Waals surface area (Å²) < 4.78 is 0. The predicted molar refractivity (Wildman–Crippen MR) is 94.3 cm³/mol. The highest BCUT2D eigenvalue weighted by atomic mass is 32.2. The van der Waals surface area contributed by atoms with E-state index >= 15 is 0 Å². The molecule has 0 radical (unpaired) electrons. The minimum Gasteiger partial charge on any atom is -0.330 e. The SMILES string of the molecule is NCCSCC(=O)Nc1c2ccccc2nc2ccccc12. The van der Waals surface area contributed by atoms with Gasteiger partial charge in [-0.05, 0) is 12.1 Å². The largest absolute Gasteiger partial charge is 0.330 e. The van der Waals surface area contributed by atoms with Crippen LogP contribution in [0.2, 0.25) is 0 Å². The first kappa shape index (κ1) is 14.8. The minimum atomic E-state index is -0.0139. The molecule has 5 heteroatoms. The summed E-state index contributed by atoms with van der Waals surface area (Å²) in [6.07, 6.45) is 0. The highest BCUT2D eigenvalue weighted by molar-refractivity contribution is 7.99. The molecule has 0 aliphatic heterocycles. The second-order valence-corrected chi connectivity index (χ2v) is 6.02. The maximum absolute atomic E-state index is 12.2. The number of nitrogens with one attached hydrogen (secondary N) is 1. The lowest BCUT2D eigenvalue weighted by Gasteiger charge is -2.12. The molecule has 4 nitrogen and oxygen atoms in total. The normalized spacial score (nSPS) is 11.0. The van der Waals surface area contributed by atoms with Gasteiger partial charge in [-0.3, -0.25) is 4.79 Å². The molecule has 0 aliphatic carbocycles. The van der Waals surface area contributed by atoms with E-state index in [0.717, 1.165) is 33.2 Å². The Morgan fingerprint density at radius 2 is 1.64 bits per heavy atom. The fraction of sp³-hybridized carbons (Fsp3) is 0.176. The van der Waals surface area contributed by atoms with Gasteiger partial charge in [-0.15, -0.1) is 0 Å². The minimum absolute atomic E-state index is 0.0139. The van der Waals surface area contributed by atoms with Crippen LogP contribution in [0.15, 0.2) is 48.5 Å². The number of carbonyl (C=O) groups is 1. The van der Waals surface area contributed by atoms with Crippen molar-refractivity contribution >= 4 is 45.2 Å². The fourth-order valence-corrected chi connectivity index (χ4v) is 2.97. The summed E-state index contributed by atoms with van der Waals surface area (Å²) in [5, 5.41) is 4.96. The lowest BCUT2D eigenvalue weighted by Crippen LogP contribution is -2.16. The molecule has 3 rings (SSSR count). The topological polar surface area (TPSA) is 68.0 Å². The molecule has 0 spiro atoms. The van der Waals surface area contributed by atoms with Crippen LogP contribution in [0.3, 0.4) is 0 Å². The fourth-order valence-electron chi connectivity index (χ4n) is 2.40. The van der Waals surface area contributed by atoms with E-state index in [1.807, 2.05) is 48.5 Å². The van der Waals surface area contributed by atoms with Gasteiger partial charge in [0.15, 0.2) is 0 Å². The molecule has 1 amide bonds. The number of hydrogen-bond donors (Lipinski definition) is 2. The van der Waals surface area contributed by atoms with E-state index < -0.39 is 0 Å². The van der Waals surface area contributed by atoms with E-state index in [9.17, 15) is 4.79 Å². The van der Waals surface area contributed by atoms with Gasteiger partial charge in [0.2, 0.25) is 5.91 Å². The quantitative estimate of drug-likeness (QED) is 0.561. The van der Waals surface area contributed by atoms with Gasteiger partial charge in [0, 0.05) is 23.1 Å². The van der Waals surface area contributed by atoms with Crippen LogP contribution < -0.4 is 11.1 Å². The van der Waals surface area contributed by atoms with Crippen molar-refractivity contribution in [2.45, 2.75) is 0 Å². The average molecular weight is 311 g/mol. The maximum atomic E-state index is 12.2. The number of anilines is 1. The smallest absolute Gasteiger partial charge is 0.234 e. The number of pyridine rings is 1. The number of carbonyl (C=O) groups excluding carboxylic acids is 1. The summed E-state index contributed by atoms with van der Waals surface area (Å²) in [5.41, 5.74) is 8.05. The number of hydrogen-bond acceptors (Lipinski definition) is 4. The lowest BCUT2D eigenvalue weighted by molar-refractivity contribution is -0.113. The molecular formula is C17H17N3OS. The number of nitrogens with two attached hydrogens (primary N) is 1. The summed E-state index contributed by atoms with van der Waals surface area (Å²) in [6, 6.07) is 15.7. The van der Waals surface area contributed by atoms with E-state index in [-0.39, 0.29) is 5.91 Å². The first-order valence-corrected chi connectivity index (χ1v) is 8.30. The van der Waals surface area contributed by atoms with Gasteiger partial charge in [-0.25, -0.2) is 4.98 Å². The van der Waals surface area contributed by atoms with E-state index in [2.05, 4.69) is 10.3 Å². The van der Waals surface area contributed by atoms with E-state index in [1.165, 1.54) is 11.8 Å². The molecule has 112 valence electrons. The summed E-state index contributed by atoms with van der Waals surface area (Å²) in [6.45, 7) is 0.582. The monoisotopic (exact) mass is 311 g/mol. The van der Waals surface area contributed by atoms with Crippen LogP contribution in [0.5, 0.6) is 0 Å². The zero-order valence-corrected chi connectivity index (χ0v) is 12.9. The van der Waals surface area contributed by atoms with E-state index in [0.29, 0.717) is 12.3 Å². The second kappa shape index (κ2) is 6.77. The Hall–Kier alpha value is -2.11. The number of benzene rings is 2. The lowest BCUT2D eigenvalue weighted by atomic mass is 10.1. The van der Waals surface area contributed by atoms with E-state index in [1.54, 1.807) is 0 Å². The molecule has 0 aliphatic rings. The number of nitrogens with zero attached hydrogens (tertiary/aromatic N) is 1. The molecule has 0 unspecified atom stereocenters. The molecule has 22 heavy (non-hydrogen) atoms. The number of thioether (sulfide) groups is 1. The maximum Gasteiger partial charge on any atom is 0.234 e. The predicted octanol–water partition coefficient (Wildman–Crippen LogP) is 3.02. The van der Waals surface area contributed by atoms with Crippen LogP contribution in [-0.2, 0) is 4.79 Å². The van der Waals surface area contributed by atoms with Crippen LogP contribution in [0.25, 0.3) is 21.8 Å².